The molecule has 3 aliphatic carbocycles. The molecular formula is C58H58F3N3O16. The predicted octanol–water partition coefficient (Wildman–Crippen LogP) is 6.80. The average molecular weight is 1110 g/mol. The van der Waals surface area contributed by atoms with Crippen molar-refractivity contribution in [1.29, 1.82) is 0 Å². The highest BCUT2D eigenvalue weighted by Gasteiger charge is 2.79. The Morgan fingerprint density at radius 3 is 1.99 bits per heavy atom. The number of alkyl halides is 3. The summed E-state index contributed by atoms with van der Waals surface area (Å²) in [6.45, 7) is 6.44. The molecule has 1 unspecified atom stereocenters. The molecule has 0 aromatic heterocycles. The van der Waals surface area contributed by atoms with Crippen LogP contribution in [0.3, 0.4) is 0 Å². The Morgan fingerprint density at radius 1 is 0.800 bits per heavy atom. The molecule has 422 valence electrons. The number of nitrogens with one attached hydrogen (secondary N) is 1. The second kappa shape index (κ2) is 21.7. The van der Waals surface area contributed by atoms with Gasteiger partial charge < -0.3 is 48.7 Å². The Bertz CT molecular complexity index is 3130. The molecule has 5 aliphatic rings. The standard InChI is InChI=1S/C58H58F3N3O16/c1-30-38(77-53(72)45(68)44(33-17-10-7-11-18-33)62-51(70)34-19-12-8-13-20-34)27-57(73)49(79-52(71)35-21-14-9-15-22-35)47-55(6,48(69)46(76-31(2)65)42(30)54(57,4)5)39(26-40-56(47,29-75-40)80-32(3)66)78-41(67)28-74-37-24-16-23-36(25-37)43(50-63-64-50)58(59,60)61/h7-25,38-40,43-47,49-50,68,73H,26-29H2,1-6H3,(H,62,70)/t38-,39-,40+,43?,44-,45+,46+,47-,49-,55+,56-,57+/m0/s1. The maximum Gasteiger partial charge on any atom is 0.399 e. The molecule has 1 saturated heterocycles. The van der Waals surface area contributed by atoms with Gasteiger partial charge in [-0.15, -0.1) is 0 Å². The molecule has 9 rings (SSSR count). The van der Waals surface area contributed by atoms with Crippen LogP contribution in [-0.4, -0.2) is 125 Å². The zero-order chi connectivity index (χ0) is 57.7. The topological polar surface area (TPSA) is 261 Å². The van der Waals surface area contributed by atoms with E-state index in [1.807, 2.05) is 0 Å². The van der Waals surface area contributed by atoms with E-state index in [4.69, 9.17) is 33.2 Å². The van der Waals surface area contributed by atoms with E-state index >= 15 is 4.79 Å². The summed E-state index contributed by atoms with van der Waals surface area (Å²) in [7, 11) is 0. The molecule has 12 atom stereocenters. The van der Waals surface area contributed by atoms with Crippen LogP contribution in [0.1, 0.15) is 98.2 Å². The molecule has 3 N–H and O–H groups in total. The smallest absolute Gasteiger partial charge is 0.399 e. The first-order valence-electron chi connectivity index (χ1n) is 25.7. The first-order chi connectivity index (χ1) is 37.8. The minimum atomic E-state index is -4.73. The van der Waals surface area contributed by atoms with Crippen LogP contribution < -0.4 is 10.1 Å². The van der Waals surface area contributed by atoms with Gasteiger partial charge in [0.15, 0.2) is 36.4 Å². The lowest BCUT2D eigenvalue weighted by atomic mass is 9.44. The fraction of sp³-hybridized carbons (Fsp3) is 0.431. The number of hydrogen-bond acceptors (Lipinski definition) is 18. The second-order valence-electron chi connectivity index (χ2n) is 21.3. The molecule has 3 fully saturated rings. The third kappa shape index (κ3) is 10.5. The van der Waals surface area contributed by atoms with E-state index in [9.17, 15) is 52.2 Å². The molecule has 2 heterocycles. The largest absolute Gasteiger partial charge is 0.482 e. The molecule has 80 heavy (non-hydrogen) atoms. The van der Waals surface area contributed by atoms with Gasteiger partial charge in [0.1, 0.15) is 41.7 Å². The van der Waals surface area contributed by atoms with Crippen LogP contribution in [0.25, 0.3) is 0 Å². The van der Waals surface area contributed by atoms with Crippen LogP contribution in [0.4, 0.5) is 13.2 Å². The Labute approximate surface area is 456 Å². The number of amides is 1. The van der Waals surface area contributed by atoms with E-state index in [-0.39, 0.29) is 33.6 Å². The summed E-state index contributed by atoms with van der Waals surface area (Å²) in [5.41, 5.74) is -8.60. The van der Waals surface area contributed by atoms with Crippen LogP contribution in [0.5, 0.6) is 5.75 Å². The van der Waals surface area contributed by atoms with Crippen LogP contribution in [0.15, 0.2) is 137 Å². The van der Waals surface area contributed by atoms with E-state index < -0.39 is 156 Å². The number of aliphatic hydroxyl groups is 2. The predicted molar refractivity (Wildman–Crippen MR) is 271 cm³/mol. The molecule has 0 radical (unpaired) electrons. The fourth-order valence-electron chi connectivity index (χ4n) is 12.2. The Balaban J connectivity index is 1.15. The quantitative estimate of drug-likeness (QED) is 0.0592. The van der Waals surface area contributed by atoms with Crippen molar-refractivity contribution in [3.63, 3.8) is 0 Å². The molecular weight excluding hydrogens is 1050 g/mol. The van der Waals surface area contributed by atoms with Gasteiger partial charge in [-0.05, 0) is 72.5 Å². The zero-order valence-corrected chi connectivity index (χ0v) is 44.2. The van der Waals surface area contributed by atoms with E-state index in [1.54, 1.807) is 66.7 Å². The lowest BCUT2D eigenvalue weighted by molar-refractivity contribution is -0.346. The van der Waals surface area contributed by atoms with Crippen molar-refractivity contribution >= 4 is 41.5 Å². The van der Waals surface area contributed by atoms with E-state index in [2.05, 4.69) is 15.5 Å². The summed E-state index contributed by atoms with van der Waals surface area (Å²) in [5.74, 6) is -11.2. The maximum absolute atomic E-state index is 16.3. The number of rotatable bonds is 16. The van der Waals surface area contributed by atoms with Gasteiger partial charge in [-0.3, -0.25) is 19.2 Å². The third-order valence-corrected chi connectivity index (χ3v) is 16.2. The van der Waals surface area contributed by atoms with Crippen LogP contribution >= 0.6 is 0 Å². The van der Waals surface area contributed by atoms with Crippen LogP contribution in [-0.2, 0) is 52.4 Å². The number of halogens is 3. The summed E-state index contributed by atoms with van der Waals surface area (Å²) < 4.78 is 85.1. The molecule has 0 spiro atoms. The van der Waals surface area contributed by atoms with Crippen molar-refractivity contribution < 1.29 is 90.1 Å². The molecule has 2 saturated carbocycles. The number of hydrogen-bond donors (Lipinski definition) is 3. The van der Waals surface area contributed by atoms with Gasteiger partial charge in [-0.25, -0.2) is 14.4 Å². The lowest BCUT2D eigenvalue weighted by Gasteiger charge is -2.67. The Morgan fingerprint density at radius 2 is 1.41 bits per heavy atom. The average Bonchev–Trinajstić information content (AvgIpc) is 4.37. The lowest BCUT2D eigenvalue weighted by Crippen LogP contribution is -2.82. The number of carbonyl (C=O) groups excluding carboxylic acids is 7. The van der Waals surface area contributed by atoms with E-state index in [0.29, 0.717) is 5.56 Å². The summed E-state index contributed by atoms with van der Waals surface area (Å²) >= 11 is 0. The minimum Gasteiger partial charge on any atom is -0.482 e. The summed E-state index contributed by atoms with van der Waals surface area (Å²) in [4.78, 5) is 100. The van der Waals surface area contributed by atoms with Crippen molar-refractivity contribution in [1.82, 2.24) is 5.32 Å². The first kappa shape index (κ1) is 56.9. The fourth-order valence-corrected chi connectivity index (χ4v) is 12.2. The van der Waals surface area contributed by atoms with Crippen LogP contribution in [0, 0.1) is 16.7 Å². The normalized spacial score (nSPS) is 28.6. The molecule has 2 bridgehead atoms. The Kier molecular flexibility index (Phi) is 15.4. The number of aliphatic hydroxyl groups excluding tert-OH is 1. The monoisotopic (exact) mass is 1110 g/mol. The number of carbonyl (C=O) groups is 7. The summed E-state index contributed by atoms with van der Waals surface area (Å²) in [6, 6.07) is 27.1. The Hall–Kier alpha value is -7.82. The van der Waals surface area contributed by atoms with Crippen molar-refractivity contribution in [2.45, 2.75) is 127 Å². The molecule has 1 amide bonds. The number of benzene rings is 4. The van der Waals surface area contributed by atoms with Crippen molar-refractivity contribution in [3.8, 4) is 5.75 Å². The maximum atomic E-state index is 16.3. The molecule has 4 aromatic carbocycles. The SMILES string of the molecule is CC(=O)O[C@H]1C(=O)[C@]2(C)[C@@H](OC(=O)COc3cccc(C(C4N=N4)C(F)(F)F)c3)C[C@H]3OC[C@@]3(OC(C)=O)[C@H]2[C@H](OC(=O)c2ccccc2)[C@]2(O)C[C@H](OC(=O)[C@H](O)[C@@H](NC(=O)c3ccccc3)c3ccccc3)C(C)=C1C2(C)C. The van der Waals surface area contributed by atoms with Crippen LogP contribution in [0.2, 0.25) is 0 Å². The van der Waals surface area contributed by atoms with Gasteiger partial charge in [0.2, 0.25) is 0 Å². The van der Waals surface area contributed by atoms with Gasteiger partial charge in [0.25, 0.3) is 5.91 Å². The number of fused-ring (bicyclic) bond motifs is 5. The van der Waals surface area contributed by atoms with Gasteiger partial charge >= 0.3 is 36.0 Å². The number of ketones is 1. The van der Waals surface area contributed by atoms with Crippen molar-refractivity contribution in [2.24, 2.45) is 27.0 Å². The van der Waals surface area contributed by atoms with Gasteiger partial charge in [-0.1, -0.05) is 92.7 Å². The molecule has 19 nitrogen and oxygen atoms in total. The first-order valence-corrected chi connectivity index (χ1v) is 25.7. The number of nitrogens with zero attached hydrogens (tertiary/aromatic N) is 2. The van der Waals surface area contributed by atoms with Crippen molar-refractivity contribution in [2.75, 3.05) is 13.2 Å². The van der Waals surface area contributed by atoms with Crippen molar-refractivity contribution in [3.05, 3.63) is 149 Å². The minimum absolute atomic E-state index is 0.0365. The number of Topliss-reactive ketones (excluding diaryl/α,β-unsaturated/α-hetero) is 1. The highest BCUT2D eigenvalue weighted by atomic mass is 19.4. The molecule has 4 aromatic rings. The summed E-state index contributed by atoms with van der Waals surface area (Å²) in [5, 5.41) is 35.7. The van der Waals surface area contributed by atoms with E-state index in [1.165, 1.54) is 70.2 Å². The highest BCUT2D eigenvalue weighted by molar-refractivity contribution is 5.96. The number of ether oxygens (including phenoxy) is 7. The second-order valence-corrected chi connectivity index (χ2v) is 21.3. The zero-order valence-electron chi connectivity index (χ0n) is 44.2. The molecule has 22 heteroatoms. The van der Waals surface area contributed by atoms with Gasteiger partial charge in [0, 0.05) is 37.7 Å². The third-order valence-electron chi connectivity index (χ3n) is 16.2. The van der Waals surface area contributed by atoms with E-state index in [0.717, 1.165) is 19.9 Å². The van der Waals surface area contributed by atoms with Gasteiger partial charge in [0.05, 0.1) is 29.5 Å². The highest BCUT2D eigenvalue weighted by Crippen LogP contribution is 2.65. The van der Waals surface area contributed by atoms with Gasteiger partial charge in [-0.2, -0.15) is 23.4 Å². The summed E-state index contributed by atoms with van der Waals surface area (Å²) in [6.07, 6.45) is -17.9. The molecule has 2 aliphatic heterocycles. The number of esters is 5.